The third-order valence-corrected chi connectivity index (χ3v) is 4.48. The largest absolute Gasteiger partial charge is 0.493 e. The summed E-state index contributed by atoms with van der Waals surface area (Å²) in [4.78, 5) is 24.2. The minimum absolute atomic E-state index is 0.122. The molecule has 4 aromatic rings. The van der Waals surface area contributed by atoms with Gasteiger partial charge in [0.15, 0.2) is 17.3 Å². The molecule has 0 bridgehead atoms. The molecule has 0 spiro atoms. The lowest BCUT2D eigenvalue weighted by Gasteiger charge is -2.09. The number of aliphatic hydroxyl groups is 1. The second-order valence-electron chi connectivity index (χ2n) is 6.35. The van der Waals surface area contributed by atoms with E-state index in [4.69, 9.17) is 14.6 Å². The number of nitrogens with zero attached hydrogens (tertiary/aromatic N) is 4. The van der Waals surface area contributed by atoms with Crippen LogP contribution in [0, 0.1) is 0 Å². The molecule has 148 valence electrons. The summed E-state index contributed by atoms with van der Waals surface area (Å²) in [6.45, 7) is -0.122. The van der Waals surface area contributed by atoms with Gasteiger partial charge in [-0.3, -0.25) is 4.79 Å². The Morgan fingerprint density at radius 1 is 1.14 bits per heavy atom. The van der Waals surface area contributed by atoms with Crippen molar-refractivity contribution in [1.82, 2.24) is 24.7 Å². The molecule has 0 aliphatic carbocycles. The van der Waals surface area contributed by atoms with Gasteiger partial charge < -0.3 is 19.6 Å². The fourth-order valence-electron chi connectivity index (χ4n) is 3.02. The minimum Gasteiger partial charge on any atom is -0.493 e. The quantitative estimate of drug-likeness (QED) is 0.511. The SMILES string of the molecule is COc1cc2nc(Cc3ccc(-n4ccc(CO)n4)nc3)[nH]c(=O)c2cc1OC. The average Bonchev–Trinajstić information content (AvgIpc) is 3.23. The number of nitrogens with one attached hydrogen (secondary N) is 1. The van der Waals surface area contributed by atoms with Crippen LogP contribution < -0.4 is 15.0 Å². The van der Waals surface area contributed by atoms with Gasteiger partial charge in [-0.2, -0.15) is 5.10 Å². The van der Waals surface area contributed by atoms with Gasteiger partial charge in [-0.05, 0) is 23.8 Å². The van der Waals surface area contributed by atoms with Crippen LogP contribution in [0.15, 0.2) is 47.5 Å². The van der Waals surface area contributed by atoms with E-state index in [9.17, 15) is 4.79 Å². The highest BCUT2D eigenvalue weighted by Gasteiger charge is 2.11. The third kappa shape index (κ3) is 3.67. The van der Waals surface area contributed by atoms with Gasteiger partial charge in [0.25, 0.3) is 5.56 Å². The molecule has 0 amide bonds. The Morgan fingerprint density at radius 2 is 1.93 bits per heavy atom. The summed E-state index contributed by atoms with van der Waals surface area (Å²) in [7, 11) is 3.05. The number of aromatic amines is 1. The standard InChI is InChI=1S/C20H19N5O4/c1-28-16-8-14-15(9-17(16)29-2)22-18(23-20(14)27)7-12-3-4-19(21-10-12)25-6-5-13(11-26)24-25/h3-6,8-10,26H,7,11H2,1-2H3,(H,22,23,27). The zero-order valence-corrected chi connectivity index (χ0v) is 15.9. The van der Waals surface area contributed by atoms with E-state index in [0.29, 0.717) is 46.2 Å². The minimum atomic E-state index is -0.247. The van der Waals surface area contributed by atoms with Gasteiger partial charge in [0, 0.05) is 24.9 Å². The second kappa shape index (κ2) is 7.72. The molecule has 0 radical (unpaired) electrons. The van der Waals surface area contributed by atoms with E-state index in [-0.39, 0.29) is 12.2 Å². The number of fused-ring (bicyclic) bond motifs is 1. The fraction of sp³-hybridized carbons (Fsp3) is 0.200. The molecule has 0 saturated carbocycles. The molecule has 0 fully saturated rings. The first-order valence-electron chi connectivity index (χ1n) is 8.87. The summed E-state index contributed by atoms with van der Waals surface area (Å²) in [6, 6.07) is 8.73. The van der Waals surface area contributed by atoms with E-state index in [1.807, 2.05) is 12.1 Å². The third-order valence-electron chi connectivity index (χ3n) is 4.48. The Hall–Kier alpha value is -3.72. The molecule has 29 heavy (non-hydrogen) atoms. The molecular weight excluding hydrogens is 374 g/mol. The molecule has 2 N–H and O–H groups in total. The maximum Gasteiger partial charge on any atom is 0.258 e. The van der Waals surface area contributed by atoms with E-state index in [1.165, 1.54) is 14.2 Å². The molecule has 3 aromatic heterocycles. The zero-order chi connectivity index (χ0) is 20.4. The van der Waals surface area contributed by atoms with Crippen LogP contribution in [0.3, 0.4) is 0 Å². The molecule has 0 unspecified atom stereocenters. The summed E-state index contributed by atoms with van der Waals surface area (Å²) in [6.07, 6.45) is 3.85. The molecule has 9 nitrogen and oxygen atoms in total. The highest BCUT2D eigenvalue weighted by molar-refractivity contribution is 5.81. The van der Waals surface area contributed by atoms with Crippen molar-refractivity contribution >= 4 is 10.9 Å². The molecule has 4 rings (SSSR count). The molecule has 1 aromatic carbocycles. The number of methoxy groups -OCH3 is 2. The first kappa shape index (κ1) is 18.6. The predicted molar refractivity (Wildman–Crippen MR) is 106 cm³/mol. The van der Waals surface area contributed by atoms with E-state index in [1.54, 1.807) is 35.3 Å². The maximum atomic E-state index is 12.5. The van der Waals surface area contributed by atoms with Crippen molar-refractivity contribution < 1.29 is 14.6 Å². The normalized spacial score (nSPS) is 11.0. The number of rotatable bonds is 6. The van der Waals surface area contributed by atoms with Crippen LogP contribution in [0.5, 0.6) is 11.5 Å². The number of hydrogen-bond acceptors (Lipinski definition) is 7. The molecule has 0 aliphatic rings. The lowest BCUT2D eigenvalue weighted by atomic mass is 10.1. The van der Waals surface area contributed by atoms with Crippen molar-refractivity contribution in [3.8, 4) is 17.3 Å². The average molecular weight is 393 g/mol. The van der Waals surface area contributed by atoms with E-state index >= 15 is 0 Å². The van der Waals surface area contributed by atoms with Gasteiger partial charge in [0.2, 0.25) is 0 Å². The first-order chi connectivity index (χ1) is 14.1. The molecule has 0 saturated heterocycles. The Balaban J connectivity index is 1.62. The second-order valence-corrected chi connectivity index (χ2v) is 6.35. The van der Waals surface area contributed by atoms with E-state index < -0.39 is 0 Å². The molecular formula is C20H19N5O4. The van der Waals surface area contributed by atoms with Crippen molar-refractivity contribution in [1.29, 1.82) is 0 Å². The van der Waals surface area contributed by atoms with Crippen molar-refractivity contribution in [3.05, 3.63) is 70.2 Å². The van der Waals surface area contributed by atoms with Gasteiger partial charge in [-0.15, -0.1) is 0 Å². The van der Waals surface area contributed by atoms with Crippen LogP contribution in [-0.2, 0) is 13.0 Å². The highest BCUT2D eigenvalue weighted by Crippen LogP contribution is 2.30. The van der Waals surface area contributed by atoms with Crippen LogP contribution in [0.25, 0.3) is 16.7 Å². The van der Waals surface area contributed by atoms with Gasteiger partial charge in [0.1, 0.15) is 5.82 Å². The van der Waals surface area contributed by atoms with E-state index in [2.05, 4.69) is 20.1 Å². The topological polar surface area (TPSA) is 115 Å². The maximum absolute atomic E-state index is 12.5. The molecule has 3 heterocycles. The summed E-state index contributed by atoms with van der Waals surface area (Å²) >= 11 is 0. The summed E-state index contributed by atoms with van der Waals surface area (Å²) in [5.41, 5.74) is 1.73. The number of hydrogen-bond donors (Lipinski definition) is 2. The Kier molecular flexibility index (Phi) is 4.96. The van der Waals surface area contributed by atoms with Crippen molar-refractivity contribution in [2.24, 2.45) is 0 Å². The van der Waals surface area contributed by atoms with Gasteiger partial charge in [-0.1, -0.05) is 6.07 Å². The number of ether oxygens (including phenoxy) is 2. The lowest BCUT2D eigenvalue weighted by Crippen LogP contribution is -2.13. The Morgan fingerprint density at radius 3 is 2.59 bits per heavy atom. The van der Waals surface area contributed by atoms with Gasteiger partial charge in [-0.25, -0.2) is 14.6 Å². The van der Waals surface area contributed by atoms with Crippen molar-refractivity contribution in [3.63, 3.8) is 0 Å². The Bertz CT molecular complexity index is 1210. The van der Waals surface area contributed by atoms with Gasteiger partial charge >= 0.3 is 0 Å². The summed E-state index contributed by atoms with van der Waals surface area (Å²) < 4.78 is 12.1. The molecule has 9 heteroatoms. The van der Waals surface area contributed by atoms with Gasteiger partial charge in [0.05, 0.1) is 37.4 Å². The Labute approximate surface area is 165 Å². The van der Waals surface area contributed by atoms with Crippen LogP contribution in [0.2, 0.25) is 0 Å². The summed E-state index contributed by atoms with van der Waals surface area (Å²) in [5.74, 6) is 2.13. The highest BCUT2D eigenvalue weighted by atomic mass is 16.5. The van der Waals surface area contributed by atoms with Crippen LogP contribution >= 0.6 is 0 Å². The zero-order valence-electron chi connectivity index (χ0n) is 15.9. The molecule has 0 aliphatic heterocycles. The number of pyridine rings is 1. The number of benzene rings is 1. The number of aliphatic hydroxyl groups excluding tert-OH is 1. The number of H-pyrrole nitrogens is 1. The van der Waals surface area contributed by atoms with E-state index in [0.717, 1.165) is 5.56 Å². The van der Waals surface area contributed by atoms with Crippen molar-refractivity contribution in [2.45, 2.75) is 13.0 Å². The molecule has 0 atom stereocenters. The monoisotopic (exact) mass is 393 g/mol. The number of aromatic nitrogens is 5. The van der Waals surface area contributed by atoms with Crippen LogP contribution in [-0.4, -0.2) is 44.1 Å². The predicted octanol–water partition coefficient (Wildman–Crippen LogP) is 1.60. The first-order valence-corrected chi connectivity index (χ1v) is 8.87. The van der Waals surface area contributed by atoms with Crippen LogP contribution in [0.1, 0.15) is 17.1 Å². The van der Waals surface area contributed by atoms with Crippen LogP contribution in [0.4, 0.5) is 0 Å². The summed E-state index contributed by atoms with van der Waals surface area (Å²) in [5, 5.41) is 13.8. The fourth-order valence-corrected chi connectivity index (χ4v) is 3.02. The lowest BCUT2D eigenvalue weighted by molar-refractivity contribution is 0.276. The van der Waals surface area contributed by atoms with Crippen molar-refractivity contribution in [2.75, 3.05) is 14.2 Å². The smallest absolute Gasteiger partial charge is 0.258 e.